The molecule has 14 heteroatoms. The molecule has 6 atom stereocenters. The van der Waals surface area contributed by atoms with E-state index in [9.17, 15) is 33.6 Å². The first-order valence-electron chi connectivity index (χ1n) is 18.0. The van der Waals surface area contributed by atoms with Gasteiger partial charge in [0.1, 0.15) is 17.7 Å². The number of alkyl carbamates (subject to hydrolysis) is 1. The van der Waals surface area contributed by atoms with Crippen LogP contribution in [0.4, 0.5) is 4.79 Å². The second-order valence-corrected chi connectivity index (χ2v) is 16.8. The lowest BCUT2D eigenvalue weighted by Crippen LogP contribution is -2.60. The van der Waals surface area contributed by atoms with Crippen LogP contribution in [-0.2, 0) is 33.5 Å². The molecule has 1 saturated heterocycles. The van der Waals surface area contributed by atoms with E-state index in [1.807, 2.05) is 40.7 Å². The van der Waals surface area contributed by atoms with Gasteiger partial charge < -0.3 is 35.8 Å². The van der Waals surface area contributed by atoms with Crippen molar-refractivity contribution in [3.8, 4) is 0 Å². The Morgan fingerprint density at radius 3 is 2.10 bits per heavy atom. The summed E-state index contributed by atoms with van der Waals surface area (Å²) in [7, 11) is 3.23. The second-order valence-electron chi connectivity index (χ2n) is 16.8. The van der Waals surface area contributed by atoms with Gasteiger partial charge in [0.2, 0.25) is 29.4 Å². The average Bonchev–Trinajstić information content (AvgIpc) is 3.35. The third kappa shape index (κ3) is 10.5. The highest BCUT2D eigenvalue weighted by Crippen LogP contribution is 2.65. The van der Waals surface area contributed by atoms with Crippen molar-refractivity contribution in [2.45, 2.75) is 111 Å². The molecule has 1 aromatic carbocycles. The molecule has 1 aromatic rings. The largest absolute Gasteiger partial charge is 0.444 e. The third-order valence-electron chi connectivity index (χ3n) is 9.79. The maximum Gasteiger partial charge on any atom is 0.408 e. The van der Waals surface area contributed by atoms with E-state index in [0.717, 1.165) is 0 Å². The molecule has 0 spiro atoms. The highest BCUT2D eigenvalue weighted by atomic mass is 16.6. The third-order valence-corrected chi connectivity index (χ3v) is 9.79. The van der Waals surface area contributed by atoms with Crippen molar-refractivity contribution in [2.75, 3.05) is 27.2 Å². The van der Waals surface area contributed by atoms with Crippen LogP contribution < -0.4 is 21.3 Å². The Morgan fingerprint density at radius 2 is 1.56 bits per heavy atom. The standard InChI is InChI=1S/C38H58N6O8/c1-12-16-24(30(47)33(49)39-20-26(45)40-25(19-27(46)43(10)11)22-17-14-13-15-18-22)41-32(48)29-28-23(38(28,8)9)21-44(29)34(50)31(36(2,3)4)42-35(51)52-37(5,6)7/h13-15,17-18,23-25,28-29,31H,12,16,19-21H2,1-11H3,(H,39,49)(H,40,45)(H,41,48)(H,42,51)/t23?,24?,25-,28-,29-,31+/m0/s1. The number of ketones is 1. The topological polar surface area (TPSA) is 183 Å². The molecule has 1 saturated carbocycles. The van der Waals surface area contributed by atoms with Gasteiger partial charge in [-0.2, -0.15) is 0 Å². The zero-order valence-corrected chi connectivity index (χ0v) is 32.5. The van der Waals surface area contributed by atoms with Crippen molar-refractivity contribution in [1.29, 1.82) is 0 Å². The number of nitrogens with one attached hydrogen (secondary N) is 4. The van der Waals surface area contributed by atoms with E-state index in [4.69, 9.17) is 4.74 Å². The summed E-state index contributed by atoms with van der Waals surface area (Å²) in [4.78, 5) is 95.7. The molecule has 14 nitrogen and oxygen atoms in total. The van der Waals surface area contributed by atoms with Crippen molar-refractivity contribution in [2.24, 2.45) is 22.7 Å². The second kappa shape index (κ2) is 16.5. The number of piperidine rings is 1. The Balaban J connectivity index is 1.72. The van der Waals surface area contributed by atoms with Gasteiger partial charge in [0, 0.05) is 20.6 Å². The van der Waals surface area contributed by atoms with Crippen LogP contribution in [0, 0.1) is 22.7 Å². The molecular formula is C38H58N6O8. The number of fused-ring (bicyclic) bond motifs is 1. The maximum atomic E-state index is 14.1. The summed E-state index contributed by atoms with van der Waals surface area (Å²) in [5.41, 5.74) is -1.05. The summed E-state index contributed by atoms with van der Waals surface area (Å²) in [6.45, 7) is 16.2. The Hall–Kier alpha value is -4.49. The molecule has 1 aliphatic carbocycles. The Bertz CT molecular complexity index is 1510. The Kier molecular flexibility index (Phi) is 13.3. The highest BCUT2D eigenvalue weighted by Gasteiger charge is 2.70. The summed E-state index contributed by atoms with van der Waals surface area (Å²) in [6.07, 6.45) is -0.152. The SMILES string of the molecule is CCCC(NC(=O)[C@@H]1[C@@H]2C(CN1C(=O)[C@@H](NC(=O)OC(C)(C)C)C(C)(C)C)C2(C)C)C(=O)C(=O)NCC(=O)N[C@@H](CC(=O)N(C)C)c1ccccc1. The minimum atomic E-state index is -1.20. The molecule has 0 radical (unpaired) electrons. The zero-order chi connectivity index (χ0) is 39.3. The molecule has 52 heavy (non-hydrogen) atoms. The molecule has 288 valence electrons. The fourth-order valence-electron chi connectivity index (χ4n) is 6.81. The number of benzene rings is 1. The van der Waals surface area contributed by atoms with Gasteiger partial charge in [0.05, 0.1) is 25.0 Å². The van der Waals surface area contributed by atoms with E-state index < -0.39 is 77.2 Å². The monoisotopic (exact) mass is 726 g/mol. The van der Waals surface area contributed by atoms with Crippen LogP contribution >= 0.6 is 0 Å². The van der Waals surface area contributed by atoms with Crippen molar-refractivity contribution in [3.63, 3.8) is 0 Å². The van der Waals surface area contributed by atoms with E-state index in [0.29, 0.717) is 18.5 Å². The zero-order valence-electron chi connectivity index (χ0n) is 32.5. The van der Waals surface area contributed by atoms with Crippen LogP contribution in [0.1, 0.15) is 93.2 Å². The minimum Gasteiger partial charge on any atom is -0.444 e. The number of hydrogen-bond donors (Lipinski definition) is 4. The number of carbonyl (C=O) groups excluding carboxylic acids is 7. The predicted molar refractivity (Wildman–Crippen MR) is 194 cm³/mol. The van der Waals surface area contributed by atoms with Gasteiger partial charge in [-0.15, -0.1) is 0 Å². The molecule has 1 aliphatic heterocycles. The number of ether oxygens (including phenoxy) is 1. The number of carbonyl (C=O) groups is 7. The van der Waals surface area contributed by atoms with Crippen molar-refractivity contribution >= 4 is 41.4 Å². The Labute approximate surface area is 307 Å². The molecule has 4 N–H and O–H groups in total. The van der Waals surface area contributed by atoms with Gasteiger partial charge >= 0.3 is 6.09 Å². The van der Waals surface area contributed by atoms with Gasteiger partial charge in [-0.05, 0) is 55.4 Å². The van der Waals surface area contributed by atoms with E-state index in [1.54, 1.807) is 66.1 Å². The highest BCUT2D eigenvalue weighted by molar-refractivity contribution is 6.38. The predicted octanol–water partition coefficient (Wildman–Crippen LogP) is 2.71. The summed E-state index contributed by atoms with van der Waals surface area (Å²) < 4.78 is 5.42. The minimum absolute atomic E-state index is 0.00680. The Morgan fingerprint density at radius 1 is 0.942 bits per heavy atom. The molecule has 0 aromatic heterocycles. The number of rotatable bonds is 14. The number of nitrogens with zero attached hydrogens (tertiary/aromatic N) is 2. The van der Waals surface area contributed by atoms with Gasteiger partial charge in [0.25, 0.3) is 5.91 Å². The van der Waals surface area contributed by atoms with Crippen molar-refractivity contribution in [1.82, 2.24) is 31.1 Å². The summed E-state index contributed by atoms with van der Waals surface area (Å²) in [5.74, 6) is -3.94. The molecule has 0 bridgehead atoms. The fourth-order valence-corrected chi connectivity index (χ4v) is 6.81. The molecule has 1 heterocycles. The van der Waals surface area contributed by atoms with Gasteiger partial charge in [0.15, 0.2) is 0 Å². The molecule has 2 unspecified atom stereocenters. The van der Waals surface area contributed by atoms with Crippen LogP contribution in [0.5, 0.6) is 0 Å². The number of likely N-dealkylation sites (tertiary alicyclic amines) is 1. The fraction of sp³-hybridized carbons (Fsp3) is 0.658. The van der Waals surface area contributed by atoms with Gasteiger partial charge in [-0.1, -0.05) is 78.3 Å². The molecule has 6 amide bonds. The summed E-state index contributed by atoms with van der Waals surface area (Å²) in [6, 6.07) is 5.13. The molecule has 3 rings (SSSR count). The number of amides is 6. The van der Waals surface area contributed by atoms with Crippen LogP contribution in [0.2, 0.25) is 0 Å². The molecule has 2 aliphatic rings. The van der Waals surface area contributed by atoms with E-state index in [-0.39, 0.29) is 36.0 Å². The number of hydrogen-bond acceptors (Lipinski definition) is 8. The molecule has 2 fully saturated rings. The van der Waals surface area contributed by atoms with Crippen LogP contribution in [-0.4, -0.2) is 102 Å². The lowest BCUT2D eigenvalue weighted by Gasteiger charge is -2.38. The smallest absolute Gasteiger partial charge is 0.408 e. The van der Waals surface area contributed by atoms with Crippen molar-refractivity contribution in [3.05, 3.63) is 35.9 Å². The van der Waals surface area contributed by atoms with Gasteiger partial charge in [-0.3, -0.25) is 28.8 Å². The summed E-state index contributed by atoms with van der Waals surface area (Å²) >= 11 is 0. The average molecular weight is 727 g/mol. The molecular weight excluding hydrogens is 668 g/mol. The first kappa shape index (κ1) is 41.9. The lowest BCUT2D eigenvalue weighted by molar-refractivity contribution is -0.145. The number of Topliss-reactive ketones (excluding diaryl/α,β-unsaturated/α-hetero) is 1. The van der Waals surface area contributed by atoms with Crippen LogP contribution in [0.3, 0.4) is 0 Å². The van der Waals surface area contributed by atoms with E-state index in [2.05, 4.69) is 21.3 Å². The van der Waals surface area contributed by atoms with Crippen LogP contribution in [0.15, 0.2) is 30.3 Å². The quantitative estimate of drug-likeness (QED) is 0.211. The van der Waals surface area contributed by atoms with Crippen LogP contribution in [0.25, 0.3) is 0 Å². The maximum absolute atomic E-state index is 14.1. The van der Waals surface area contributed by atoms with E-state index in [1.165, 1.54) is 9.80 Å². The van der Waals surface area contributed by atoms with Crippen molar-refractivity contribution < 1.29 is 38.3 Å². The van der Waals surface area contributed by atoms with Gasteiger partial charge in [-0.25, -0.2) is 4.79 Å². The first-order chi connectivity index (χ1) is 24.0. The summed E-state index contributed by atoms with van der Waals surface area (Å²) in [5, 5.41) is 10.6. The normalized spacial score (nSPS) is 20.7. The first-order valence-corrected chi connectivity index (χ1v) is 18.0. The van der Waals surface area contributed by atoms with E-state index >= 15 is 0 Å². The lowest BCUT2D eigenvalue weighted by atomic mass is 9.85.